The second-order valence-electron chi connectivity index (χ2n) is 5.75. The van der Waals surface area contributed by atoms with E-state index in [9.17, 15) is 13.6 Å². The summed E-state index contributed by atoms with van der Waals surface area (Å²) >= 11 is 0. The number of aryl methyl sites for hydroxylation is 1. The minimum atomic E-state index is -0.374. The average molecular weight is 357 g/mol. The summed E-state index contributed by atoms with van der Waals surface area (Å²) in [4.78, 5) is 12.0. The van der Waals surface area contributed by atoms with Gasteiger partial charge < -0.3 is 10.1 Å². The van der Waals surface area contributed by atoms with Crippen molar-refractivity contribution in [1.82, 2.24) is 9.78 Å². The average Bonchev–Trinajstić information content (AvgIpc) is 2.95. The van der Waals surface area contributed by atoms with Gasteiger partial charge in [-0.25, -0.2) is 8.78 Å². The van der Waals surface area contributed by atoms with Crippen LogP contribution in [0.15, 0.2) is 54.6 Å². The molecule has 1 N–H and O–H groups in total. The molecule has 0 aliphatic heterocycles. The van der Waals surface area contributed by atoms with Crippen molar-refractivity contribution in [2.24, 2.45) is 0 Å². The summed E-state index contributed by atoms with van der Waals surface area (Å²) in [6, 6.07) is 13.3. The molecule has 0 saturated heterocycles. The van der Waals surface area contributed by atoms with Crippen molar-refractivity contribution in [3.05, 3.63) is 77.5 Å². The Morgan fingerprint density at radius 2 is 1.69 bits per heavy atom. The molecule has 0 bridgehead atoms. The predicted molar refractivity (Wildman–Crippen MR) is 93.0 cm³/mol. The Hall–Kier alpha value is -3.22. The number of aromatic nitrogens is 2. The quantitative estimate of drug-likeness (QED) is 0.734. The Labute approximate surface area is 149 Å². The molecular weight excluding hydrogens is 340 g/mol. The highest BCUT2D eigenvalue weighted by Crippen LogP contribution is 2.13. The molecule has 26 heavy (non-hydrogen) atoms. The van der Waals surface area contributed by atoms with Gasteiger partial charge in [-0.1, -0.05) is 12.1 Å². The van der Waals surface area contributed by atoms with E-state index in [1.165, 1.54) is 36.4 Å². The zero-order valence-corrected chi connectivity index (χ0v) is 14.1. The van der Waals surface area contributed by atoms with Gasteiger partial charge in [-0.2, -0.15) is 5.10 Å². The van der Waals surface area contributed by atoms with Crippen molar-refractivity contribution >= 4 is 11.7 Å². The molecule has 0 spiro atoms. The third-order valence-electron chi connectivity index (χ3n) is 3.68. The number of carbonyl (C=O) groups is 1. The van der Waals surface area contributed by atoms with Crippen molar-refractivity contribution in [2.45, 2.75) is 13.5 Å². The van der Waals surface area contributed by atoms with Crippen LogP contribution in [0.2, 0.25) is 0 Å². The summed E-state index contributed by atoms with van der Waals surface area (Å²) in [5.41, 5.74) is 1.75. The largest absolute Gasteiger partial charge is 0.484 e. The number of amides is 1. The molecule has 3 rings (SSSR count). The third kappa shape index (κ3) is 4.66. The molecule has 1 amide bonds. The molecule has 0 aliphatic rings. The molecule has 0 fully saturated rings. The lowest BCUT2D eigenvalue weighted by Gasteiger charge is -2.06. The first-order valence-electron chi connectivity index (χ1n) is 7.97. The second-order valence-corrected chi connectivity index (χ2v) is 5.75. The Morgan fingerprint density at radius 1 is 1.08 bits per heavy atom. The van der Waals surface area contributed by atoms with E-state index < -0.39 is 0 Å². The summed E-state index contributed by atoms with van der Waals surface area (Å²) in [5, 5.41) is 6.97. The Bertz CT molecular complexity index is 890. The number of benzene rings is 2. The minimum absolute atomic E-state index is 0.213. The van der Waals surface area contributed by atoms with Gasteiger partial charge in [0, 0.05) is 11.8 Å². The van der Waals surface area contributed by atoms with Gasteiger partial charge in [0.25, 0.3) is 5.91 Å². The van der Waals surface area contributed by atoms with Gasteiger partial charge >= 0.3 is 0 Å². The maximum atomic E-state index is 13.0. The van der Waals surface area contributed by atoms with Crippen LogP contribution in [-0.2, 0) is 11.3 Å². The molecule has 0 atom stereocenters. The van der Waals surface area contributed by atoms with Gasteiger partial charge in [-0.15, -0.1) is 0 Å². The van der Waals surface area contributed by atoms with E-state index in [4.69, 9.17) is 4.74 Å². The molecular formula is C19H17F2N3O2. The van der Waals surface area contributed by atoms with Gasteiger partial charge in [0.2, 0.25) is 0 Å². The lowest BCUT2D eigenvalue weighted by Crippen LogP contribution is -2.20. The number of ether oxygens (including phenoxy) is 1. The molecule has 0 radical (unpaired) electrons. The SMILES string of the molecule is Cc1cc(NC(=O)COc2ccc(F)cc2)nn1Cc1ccc(F)cc1. The lowest BCUT2D eigenvalue weighted by molar-refractivity contribution is -0.118. The number of halogens is 2. The van der Waals surface area contributed by atoms with Gasteiger partial charge in [0.1, 0.15) is 17.4 Å². The van der Waals surface area contributed by atoms with E-state index in [1.54, 1.807) is 22.9 Å². The van der Waals surface area contributed by atoms with Crippen LogP contribution >= 0.6 is 0 Å². The van der Waals surface area contributed by atoms with Crippen molar-refractivity contribution in [3.63, 3.8) is 0 Å². The fourth-order valence-corrected chi connectivity index (χ4v) is 2.35. The van der Waals surface area contributed by atoms with Gasteiger partial charge in [0.05, 0.1) is 6.54 Å². The molecule has 0 saturated carbocycles. The van der Waals surface area contributed by atoms with Crippen molar-refractivity contribution in [2.75, 3.05) is 11.9 Å². The summed E-state index contributed by atoms with van der Waals surface area (Å²) in [7, 11) is 0. The molecule has 134 valence electrons. The number of rotatable bonds is 6. The fourth-order valence-electron chi connectivity index (χ4n) is 2.35. The maximum absolute atomic E-state index is 13.0. The maximum Gasteiger partial charge on any atom is 0.263 e. The summed E-state index contributed by atoms with van der Waals surface area (Å²) < 4.78 is 32.8. The number of nitrogens with zero attached hydrogens (tertiary/aromatic N) is 2. The topological polar surface area (TPSA) is 56.1 Å². The fraction of sp³-hybridized carbons (Fsp3) is 0.158. The number of hydrogen-bond acceptors (Lipinski definition) is 3. The molecule has 1 heterocycles. The number of hydrogen-bond donors (Lipinski definition) is 1. The van der Waals surface area contributed by atoms with Crippen LogP contribution in [-0.4, -0.2) is 22.3 Å². The monoisotopic (exact) mass is 357 g/mol. The molecule has 1 aromatic heterocycles. The lowest BCUT2D eigenvalue weighted by atomic mass is 10.2. The van der Waals surface area contributed by atoms with Crippen molar-refractivity contribution in [1.29, 1.82) is 0 Å². The van der Waals surface area contributed by atoms with Crippen LogP contribution in [0.1, 0.15) is 11.3 Å². The normalized spacial score (nSPS) is 10.6. The Balaban J connectivity index is 1.57. The van der Waals surface area contributed by atoms with Crippen LogP contribution < -0.4 is 10.1 Å². The molecule has 3 aromatic rings. The van der Waals surface area contributed by atoms with Crippen LogP contribution in [0.4, 0.5) is 14.6 Å². The zero-order chi connectivity index (χ0) is 18.5. The highest BCUT2D eigenvalue weighted by Gasteiger charge is 2.09. The van der Waals surface area contributed by atoms with E-state index in [0.29, 0.717) is 18.1 Å². The van der Waals surface area contributed by atoms with Gasteiger partial charge in [-0.05, 0) is 48.9 Å². The standard InChI is InChI=1S/C19H17F2N3O2/c1-13-10-18(23-24(13)11-14-2-4-15(20)5-3-14)22-19(25)12-26-17-8-6-16(21)7-9-17/h2-10H,11-12H2,1H3,(H,22,23,25). The smallest absolute Gasteiger partial charge is 0.263 e. The molecule has 0 unspecified atom stereocenters. The van der Waals surface area contributed by atoms with Gasteiger partial charge in [-0.3, -0.25) is 9.48 Å². The van der Waals surface area contributed by atoms with E-state index in [1.807, 2.05) is 6.92 Å². The zero-order valence-electron chi connectivity index (χ0n) is 14.1. The predicted octanol–water partition coefficient (Wildman–Crippen LogP) is 3.54. The number of anilines is 1. The van der Waals surface area contributed by atoms with Gasteiger partial charge in [0.15, 0.2) is 12.4 Å². The van der Waals surface area contributed by atoms with E-state index in [-0.39, 0.29) is 24.1 Å². The van der Waals surface area contributed by atoms with Crippen LogP contribution in [0.25, 0.3) is 0 Å². The first kappa shape index (κ1) is 17.6. The van der Waals surface area contributed by atoms with E-state index in [2.05, 4.69) is 10.4 Å². The third-order valence-corrected chi connectivity index (χ3v) is 3.68. The van der Waals surface area contributed by atoms with Crippen LogP contribution in [0, 0.1) is 18.6 Å². The molecule has 0 aliphatic carbocycles. The Kier molecular flexibility index (Phi) is 5.26. The summed E-state index contributed by atoms with van der Waals surface area (Å²) in [6.07, 6.45) is 0. The van der Waals surface area contributed by atoms with Crippen molar-refractivity contribution < 1.29 is 18.3 Å². The van der Waals surface area contributed by atoms with Crippen molar-refractivity contribution in [3.8, 4) is 5.75 Å². The minimum Gasteiger partial charge on any atom is -0.484 e. The number of carbonyl (C=O) groups excluding carboxylic acids is 1. The summed E-state index contributed by atoms with van der Waals surface area (Å²) in [6.45, 7) is 2.12. The highest BCUT2D eigenvalue weighted by molar-refractivity contribution is 5.90. The first-order chi connectivity index (χ1) is 12.5. The molecule has 5 nitrogen and oxygen atoms in total. The molecule has 7 heteroatoms. The first-order valence-corrected chi connectivity index (χ1v) is 7.97. The summed E-state index contributed by atoms with van der Waals surface area (Å²) in [5.74, 6) is -0.235. The van der Waals surface area contributed by atoms with Crippen LogP contribution in [0.5, 0.6) is 5.75 Å². The number of nitrogens with one attached hydrogen (secondary N) is 1. The van der Waals surface area contributed by atoms with E-state index >= 15 is 0 Å². The second kappa shape index (κ2) is 7.77. The highest BCUT2D eigenvalue weighted by atomic mass is 19.1. The Morgan fingerprint density at radius 3 is 2.35 bits per heavy atom. The molecule has 2 aromatic carbocycles. The van der Waals surface area contributed by atoms with E-state index in [0.717, 1.165) is 11.3 Å². The van der Waals surface area contributed by atoms with Crippen LogP contribution in [0.3, 0.4) is 0 Å².